The summed E-state index contributed by atoms with van der Waals surface area (Å²) in [5.41, 5.74) is 1.63. The van der Waals surface area contributed by atoms with Crippen LogP contribution in [0.3, 0.4) is 0 Å². The number of sulfonamides is 1. The number of hydrogen-bond donors (Lipinski definition) is 1. The first kappa shape index (κ1) is 21.7. The highest BCUT2D eigenvalue weighted by atomic mass is 32.2. The topological polar surface area (TPSA) is 82.6 Å². The van der Waals surface area contributed by atoms with Crippen molar-refractivity contribution in [3.8, 4) is 5.75 Å². The van der Waals surface area contributed by atoms with E-state index in [1.165, 1.54) is 0 Å². The quantitative estimate of drug-likeness (QED) is 0.750. The van der Waals surface area contributed by atoms with E-state index in [2.05, 4.69) is 9.80 Å². The van der Waals surface area contributed by atoms with Crippen LogP contribution in [0.2, 0.25) is 0 Å². The molecule has 0 amide bonds. The van der Waals surface area contributed by atoms with E-state index in [1.54, 1.807) is 28.6 Å². The van der Waals surface area contributed by atoms with E-state index in [0.29, 0.717) is 44.8 Å². The monoisotopic (exact) mass is 459 g/mol. The van der Waals surface area contributed by atoms with Gasteiger partial charge in [0.25, 0.3) is 0 Å². The molecule has 3 heterocycles. The first-order valence-corrected chi connectivity index (χ1v) is 12.6. The second-order valence-electron chi connectivity index (χ2n) is 8.39. The number of phenolic OH excluding ortho intramolecular Hbond substituents is 1. The molecule has 0 aliphatic carbocycles. The first-order chi connectivity index (χ1) is 15.5. The summed E-state index contributed by atoms with van der Waals surface area (Å²) in [6.45, 7) is 6.04. The van der Waals surface area contributed by atoms with Gasteiger partial charge in [0.05, 0.1) is 18.1 Å². The number of phenols is 1. The molecule has 172 valence electrons. The Balaban J connectivity index is 1.50. The Bertz CT molecular complexity index is 1060. The van der Waals surface area contributed by atoms with Crippen molar-refractivity contribution in [3.63, 3.8) is 0 Å². The molecule has 3 aliphatic rings. The van der Waals surface area contributed by atoms with E-state index in [0.717, 1.165) is 18.8 Å². The molecule has 1 N–H and O–H groups in total. The summed E-state index contributed by atoms with van der Waals surface area (Å²) in [5, 5.41) is 9.58. The highest BCUT2D eigenvalue weighted by Gasteiger charge is 2.59. The zero-order valence-electron chi connectivity index (χ0n) is 18.2. The van der Waals surface area contributed by atoms with E-state index in [-0.39, 0.29) is 10.6 Å². The van der Waals surface area contributed by atoms with Crippen LogP contribution in [0.1, 0.15) is 18.9 Å². The smallest absolute Gasteiger partial charge is 0.245 e. The van der Waals surface area contributed by atoms with Crippen molar-refractivity contribution in [2.24, 2.45) is 0 Å². The average Bonchev–Trinajstić information content (AvgIpc) is 3.29. The van der Waals surface area contributed by atoms with Crippen LogP contribution in [0.5, 0.6) is 5.75 Å². The van der Waals surface area contributed by atoms with Crippen LogP contribution in [0.4, 0.5) is 5.69 Å². The fourth-order valence-electron chi connectivity index (χ4n) is 5.07. The second kappa shape index (κ2) is 8.31. The zero-order chi connectivity index (χ0) is 22.3. The van der Waals surface area contributed by atoms with Gasteiger partial charge in [-0.3, -0.25) is 4.90 Å². The molecule has 2 aromatic carbocycles. The molecule has 0 radical (unpaired) electrons. The van der Waals surface area contributed by atoms with Gasteiger partial charge in [-0.1, -0.05) is 25.1 Å². The average molecular weight is 460 g/mol. The van der Waals surface area contributed by atoms with Gasteiger partial charge in [-0.2, -0.15) is 4.31 Å². The Morgan fingerprint density at radius 3 is 2.31 bits per heavy atom. The number of rotatable bonds is 4. The minimum absolute atomic E-state index is 0.242. The summed E-state index contributed by atoms with van der Waals surface area (Å²) in [5.74, 6) is -0.885. The molecule has 2 fully saturated rings. The van der Waals surface area contributed by atoms with Crippen molar-refractivity contribution in [1.29, 1.82) is 0 Å². The maximum absolute atomic E-state index is 13.7. The predicted octanol–water partition coefficient (Wildman–Crippen LogP) is 2.15. The van der Waals surface area contributed by atoms with E-state index >= 15 is 0 Å². The van der Waals surface area contributed by atoms with Crippen molar-refractivity contribution in [2.45, 2.75) is 30.2 Å². The van der Waals surface area contributed by atoms with Crippen molar-refractivity contribution in [3.05, 3.63) is 54.1 Å². The molecule has 9 heteroatoms. The fourth-order valence-corrected chi connectivity index (χ4v) is 7.02. The number of nitrogens with zero attached hydrogens (tertiary/aromatic N) is 3. The van der Waals surface area contributed by atoms with Crippen LogP contribution in [0.15, 0.2) is 53.4 Å². The lowest BCUT2D eigenvalue weighted by Crippen LogP contribution is -2.67. The third-order valence-corrected chi connectivity index (χ3v) is 8.41. The van der Waals surface area contributed by atoms with Crippen LogP contribution in [-0.2, 0) is 25.3 Å². The number of anilines is 1. The van der Waals surface area contributed by atoms with Crippen LogP contribution in [0.25, 0.3) is 0 Å². The highest BCUT2D eigenvalue weighted by molar-refractivity contribution is 7.89. The Morgan fingerprint density at radius 1 is 1.00 bits per heavy atom. The lowest BCUT2D eigenvalue weighted by molar-refractivity contribution is -0.241. The lowest BCUT2D eigenvalue weighted by atomic mass is 10.00. The number of hydrogen-bond acceptors (Lipinski definition) is 7. The predicted molar refractivity (Wildman–Crippen MR) is 120 cm³/mol. The van der Waals surface area contributed by atoms with Crippen molar-refractivity contribution in [1.82, 2.24) is 9.21 Å². The van der Waals surface area contributed by atoms with E-state index in [1.807, 2.05) is 31.2 Å². The number of piperazine rings is 1. The molecular weight excluding hydrogens is 430 g/mol. The normalized spacial score (nSPS) is 25.2. The van der Waals surface area contributed by atoms with Crippen LogP contribution in [-0.4, -0.2) is 74.8 Å². The molecule has 5 rings (SSSR count). The van der Waals surface area contributed by atoms with Gasteiger partial charge in [0.1, 0.15) is 11.9 Å². The van der Waals surface area contributed by atoms with Gasteiger partial charge in [-0.05, 0) is 36.8 Å². The third-order valence-electron chi connectivity index (χ3n) is 6.50. The van der Waals surface area contributed by atoms with Crippen LogP contribution < -0.4 is 4.90 Å². The van der Waals surface area contributed by atoms with Crippen LogP contribution >= 0.6 is 0 Å². The summed E-state index contributed by atoms with van der Waals surface area (Å²) in [6.07, 6.45) is 0.133. The third kappa shape index (κ3) is 3.39. The molecule has 8 nitrogen and oxygen atoms in total. The lowest BCUT2D eigenvalue weighted by Gasteiger charge is -2.52. The number of benzene rings is 2. The highest BCUT2D eigenvalue weighted by Crippen LogP contribution is 2.47. The standard InChI is InChI=1S/C23H29N3O5S/c1-2-11-26-22(25-14-12-24(13-15-25)18-7-9-19(27)10-8-18)23(30-16-17-31-23)20-5-3-4-6-21(20)32(26,28)29/h3-10,22,27H,2,11-17H2,1H3. The molecule has 0 saturated carbocycles. The fraction of sp³-hybridized carbons (Fsp3) is 0.478. The number of fused-ring (bicyclic) bond motifs is 2. The first-order valence-electron chi connectivity index (χ1n) is 11.1. The van der Waals surface area contributed by atoms with Gasteiger partial charge in [-0.15, -0.1) is 0 Å². The minimum Gasteiger partial charge on any atom is -0.508 e. The summed E-state index contributed by atoms with van der Waals surface area (Å²) in [7, 11) is -3.69. The Hall–Kier alpha value is -2.17. The Labute approximate surface area is 189 Å². The van der Waals surface area contributed by atoms with E-state index < -0.39 is 22.0 Å². The van der Waals surface area contributed by atoms with E-state index in [9.17, 15) is 13.5 Å². The van der Waals surface area contributed by atoms with Crippen LogP contribution in [0, 0.1) is 0 Å². The van der Waals surface area contributed by atoms with Gasteiger partial charge in [-0.25, -0.2) is 8.42 Å². The molecule has 1 unspecified atom stereocenters. The molecule has 0 bridgehead atoms. The summed E-state index contributed by atoms with van der Waals surface area (Å²) in [4.78, 5) is 4.70. The molecule has 0 aromatic heterocycles. The summed E-state index contributed by atoms with van der Waals surface area (Å²) >= 11 is 0. The molecule has 32 heavy (non-hydrogen) atoms. The largest absolute Gasteiger partial charge is 0.508 e. The molecule has 2 saturated heterocycles. The summed E-state index contributed by atoms with van der Waals surface area (Å²) in [6, 6.07) is 14.2. The molecule has 3 aliphatic heterocycles. The molecule has 2 aromatic rings. The zero-order valence-corrected chi connectivity index (χ0v) is 19.0. The van der Waals surface area contributed by atoms with Gasteiger partial charge < -0.3 is 19.5 Å². The van der Waals surface area contributed by atoms with E-state index in [4.69, 9.17) is 9.47 Å². The van der Waals surface area contributed by atoms with Crippen molar-refractivity contribution in [2.75, 3.05) is 50.8 Å². The number of aromatic hydroxyl groups is 1. The maximum atomic E-state index is 13.7. The molecule has 1 spiro atoms. The van der Waals surface area contributed by atoms with Gasteiger partial charge in [0.15, 0.2) is 0 Å². The number of ether oxygens (including phenoxy) is 2. The molecular formula is C23H29N3O5S. The Morgan fingerprint density at radius 2 is 1.66 bits per heavy atom. The Kier molecular flexibility index (Phi) is 5.63. The summed E-state index contributed by atoms with van der Waals surface area (Å²) < 4.78 is 41.4. The van der Waals surface area contributed by atoms with Gasteiger partial charge in [0.2, 0.25) is 15.8 Å². The van der Waals surface area contributed by atoms with Crippen molar-refractivity contribution < 1.29 is 23.0 Å². The maximum Gasteiger partial charge on any atom is 0.245 e. The SMILES string of the molecule is CCCN1C(N2CCN(c3ccc(O)cc3)CC2)C2(OCCO2)c2ccccc2S1(=O)=O. The second-order valence-corrected chi connectivity index (χ2v) is 10.2. The van der Waals surface area contributed by atoms with Gasteiger partial charge >= 0.3 is 0 Å². The molecule has 1 atom stereocenters. The van der Waals surface area contributed by atoms with Gasteiger partial charge in [0, 0.05) is 44.0 Å². The van der Waals surface area contributed by atoms with Crippen molar-refractivity contribution >= 4 is 15.7 Å². The minimum atomic E-state index is -3.69.